The van der Waals surface area contributed by atoms with Gasteiger partial charge in [0.1, 0.15) is 0 Å². The monoisotopic (exact) mass is 344 g/mol. The predicted octanol–water partition coefficient (Wildman–Crippen LogP) is 2.06. The molecule has 1 saturated heterocycles. The fourth-order valence-corrected chi connectivity index (χ4v) is 3.25. The molecular formula is C19H28N4O2. The van der Waals surface area contributed by atoms with Crippen LogP contribution in [0.25, 0.3) is 0 Å². The molecular weight excluding hydrogens is 316 g/mol. The zero-order valence-electron chi connectivity index (χ0n) is 14.9. The van der Waals surface area contributed by atoms with E-state index in [2.05, 4.69) is 28.7 Å². The van der Waals surface area contributed by atoms with Gasteiger partial charge in [-0.2, -0.15) is 5.26 Å². The van der Waals surface area contributed by atoms with Crippen LogP contribution in [0.1, 0.15) is 30.4 Å². The Morgan fingerprint density at radius 2 is 2.04 bits per heavy atom. The van der Waals surface area contributed by atoms with Gasteiger partial charge in [-0.15, -0.1) is 0 Å². The summed E-state index contributed by atoms with van der Waals surface area (Å²) < 4.78 is 0. The van der Waals surface area contributed by atoms with Gasteiger partial charge in [0, 0.05) is 6.04 Å². The molecule has 0 bridgehead atoms. The van der Waals surface area contributed by atoms with E-state index in [0.717, 1.165) is 44.1 Å². The number of piperidine rings is 1. The van der Waals surface area contributed by atoms with E-state index < -0.39 is 6.09 Å². The number of likely N-dealkylation sites (tertiary alicyclic amines) is 1. The normalized spacial score (nSPS) is 17.0. The van der Waals surface area contributed by atoms with Crippen LogP contribution in [-0.2, 0) is 6.42 Å². The molecule has 1 heterocycles. The van der Waals surface area contributed by atoms with Crippen molar-refractivity contribution < 1.29 is 9.90 Å². The number of amides is 1. The predicted molar refractivity (Wildman–Crippen MR) is 97.5 cm³/mol. The van der Waals surface area contributed by atoms with Gasteiger partial charge in [0.25, 0.3) is 0 Å². The van der Waals surface area contributed by atoms with E-state index in [-0.39, 0.29) is 6.04 Å². The number of nitrogens with one attached hydrogen (secondary N) is 2. The van der Waals surface area contributed by atoms with E-state index in [1.807, 2.05) is 12.1 Å². The molecule has 1 amide bonds. The fraction of sp³-hybridized carbons (Fsp3) is 0.579. The lowest BCUT2D eigenvalue weighted by atomic mass is 9.97. The Morgan fingerprint density at radius 3 is 2.64 bits per heavy atom. The first-order valence-electron chi connectivity index (χ1n) is 8.94. The number of carbonyl (C=O) groups is 1. The smallest absolute Gasteiger partial charge is 0.404 e. The van der Waals surface area contributed by atoms with Crippen LogP contribution in [0.3, 0.4) is 0 Å². The highest BCUT2D eigenvalue weighted by Crippen LogP contribution is 2.14. The van der Waals surface area contributed by atoms with E-state index in [1.165, 1.54) is 12.8 Å². The summed E-state index contributed by atoms with van der Waals surface area (Å²) in [6.07, 6.45) is 2.85. The zero-order valence-corrected chi connectivity index (χ0v) is 14.9. The van der Waals surface area contributed by atoms with Crippen molar-refractivity contribution in [3.8, 4) is 6.07 Å². The maximum atomic E-state index is 11.0. The second-order valence-corrected chi connectivity index (χ2v) is 6.90. The number of benzene rings is 1. The zero-order chi connectivity index (χ0) is 18.1. The van der Waals surface area contributed by atoms with Gasteiger partial charge < -0.3 is 20.6 Å². The van der Waals surface area contributed by atoms with Crippen LogP contribution in [0.15, 0.2) is 24.3 Å². The molecule has 1 aromatic carbocycles. The molecule has 2 rings (SSSR count). The first kappa shape index (κ1) is 19.2. The summed E-state index contributed by atoms with van der Waals surface area (Å²) in [5, 5.41) is 24.0. The van der Waals surface area contributed by atoms with Crippen molar-refractivity contribution >= 4 is 6.09 Å². The maximum Gasteiger partial charge on any atom is 0.404 e. The Morgan fingerprint density at radius 1 is 1.36 bits per heavy atom. The van der Waals surface area contributed by atoms with Crippen LogP contribution < -0.4 is 10.6 Å². The second-order valence-electron chi connectivity index (χ2n) is 6.90. The largest absolute Gasteiger partial charge is 0.465 e. The maximum absolute atomic E-state index is 11.0. The van der Waals surface area contributed by atoms with E-state index in [0.29, 0.717) is 12.0 Å². The van der Waals surface area contributed by atoms with Gasteiger partial charge in [-0.3, -0.25) is 0 Å². The lowest BCUT2D eigenvalue weighted by Gasteiger charge is -2.29. The molecule has 1 aromatic rings. The minimum atomic E-state index is -0.992. The van der Waals surface area contributed by atoms with Crippen LogP contribution in [0.2, 0.25) is 0 Å². The molecule has 0 aromatic heterocycles. The van der Waals surface area contributed by atoms with Crippen LogP contribution >= 0.6 is 0 Å². The van der Waals surface area contributed by atoms with Crippen molar-refractivity contribution in [2.75, 3.05) is 33.2 Å². The number of rotatable bonds is 8. The van der Waals surface area contributed by atoms with E-state index in [9.17, 15) is 4.79 Å². The number of nitriles is 1. The van der Waals surface area contributed by atoms with Gasteiger partial charge in [0.15, 0.2) is 0 Å². The average Bonchev–Trinajstić information content (AvgIpc) is 2.60. The standard InChI is InChI=1S/C19H28N4O2/c1-23-10-7-17(8-11-23)14-21-9-6-18(22-19(24)25)12-15-2-4-16(13-20)5-3-15/h2-5,17-18,21-22H,6-12,14H2,1H3,(H,24,25). The third kappa shape index (κ3) is 7.12. The quantitative estimate of drug-likeness (QED) is 0.628. The van der Waals surface area contributed by atoms with Crippen molar-refractivity contribution in [1.29, 1.82) is 5.26 Å². The summed E-state index contributed by atoms with van der Waals surface area (Å²) in [4.78, 5) is 13.4. The minimum Gasteiger partial charge on any atom is -0.465 e. The van der Waals surface area contributed by atoms with Gasteiger partial charge in [0.2, 0.25) is 0 Å². The number of nitrogens with zero attached hydrogens (tertiary/aromatic N) is 2. The molecule has 3 N–H and O–H groups in total. The molecule has 1 aliphatic heterocycles. The van der Waals surface area contributed by atoms with Gasteiger partial charge >= 0.3 is 6.09 Å². The summed E-state index contributed by atoms with van der Waals surface area (Å²) in [5.41, 5.74) is 1.65. The second kappa shape index (κ2) is 10.0. The van der Waals surface area contributed by atoms with Gasteiger partial charge in [-0.25, -0.2) is 4.79 Å². The summed E-state index contributed by atoms with van der Waals surface area (Å²) in [6.45, 7) is 4.13. The van der Waals surface area contributed by atoms with Crippen molar-refractivity contribution in [1.82, 2.24) is 15.5 Å². The lowest BCUT2D eigenvalue weighted by molar-refractivity contribution is 0.188. The highest BCUT2D eigenvalue weighted by molar-refractivity contribution is 5.64. The summed E-state index contributed by atoms with van der Waals surface area (Å²) in [6, 6.07) is 9.28. The van der Waals surface area contributed by atoms with Crippen molar-refractivity contribution in [2.45, 2.75) is 31.7 Å². The fourth-order valence-electron chi connectivity index (χ4n) is 3.25. The molecule has 1 aliphatic rings. The molecule has 25 heavy (non-hydrogen) atoms. The first-order chi connectivity index (χ1) is 12.1. The van der Waals surface area contributed by atoms with Crippen molar-refractivity contribution in [2.24, 2.45) is 5.92 Å². The first-order valence-corrected chi connectivity index (χ1v) is 8.94. The van der Waals surface area contributed by atoms with Gasteiger partial charge in [-0.1, -0.05) is 12.1 Å². The number of carboxylic acid groups (broad SMARTS) is 1. The molecule has 1 unspecified atom stereocenters. The van der Waals surface area contributed by atoms with E-state index in [1.54, 1.807) is 12.1 Å². The van der Waals surface area contributed by atoms with Crippen molar-refractivity contribution in [3.05, 3.63) is 35.4 Å². The molecule has 6 heteroatoms. The molecule has 1 atom stereocenters. The molecule has 0 aliphatic carbocycles. The summed E-state index contributed by atoms with van der Waals surface area (Å²) in [7, 11) is 2.16. The van der Waals surface area contributed by atoms with E-state index in [4.69, 9.17) is 10.4 Å². The van der Waals surface area contributed by atoms with Crippen LogP contribution in [-0.4, -0.2) is 55.4 Å². The SMILES string of the molecule is CN1CCC(CNCCC(Cc2ccc(C#N)cc2)NC(=O)O)CC1. The third-order valence-electron chi connectivity index (χ3n) is 4.83. The number of hydrogen-bond donors (Lipinski definition) is 3. The Labute approximate surface area is 149 Å². The summed E-state index contributed by atoms with van der Waals surface area (Å²) in [5.74, 6) is 0.723. The average molecular weight is 344 g/mol. The van der Waals surface area contributed by atoms with Gasteiger partial charge in [0.05, 0.1) is 11.6 Å². The van der Waals surface area contributed by atoms with Crippen molar-refractivity contribution in [3.63, 3.8) is 0 Å². The highest BCUT2D eigenvalue weighted by Gasteiger charge is 2.17. The topological polar surface area (TPSA) is 88.4 Å². The molecule has 6 nitrogen and oxygen atoms in total. The minimum absolute atomic E-state index is 0.129. The molecule has 0 saturated carbocycles. The molecule has 0 spiro atoms. The third-order valence-corrected chi connectivity index (χ3v) is 4.83. The molecule has 136 valence electrons. The number of hydrogen-bond acceptors (Lipinski definition) is 4. The highest BCUT2D eigenvalue weighted by atomic mass is 16.4. The van der Waals surface area contributed by atoms with E-state index >= 15 is 0 Å². The summed E-state index contributed by atoms with van der Waals surface area (Å²) >= 11 is 0. The Kier molecular flexibility index (Phi) is 7.71. The van der Waals surface area contributed by atoms with Crippen LogP contribution in [0.4, 0.5) is 4.79 Å². The molecule has 0 radical (unpaired) electrons. The van der Waals surface area contributed by atoms with Crippen LogP contribution in [0.5, 0.6) is 0 Å². The lowest BCUT2D eigenvalue weighted by Crippen LogP contribution is -2.39. The van der Waals surface area contributed by atoms with Crippen LogP contribution in [0, 0.1) is 17.2 Å². The van der Waals surface area contributed by atoms with Gasteiger partial charge in [-0.05, 0) is 82.5 Å². The molecule has 1 fully saturated rings. The Bertz CT molecular complexity index is 574. The Hall–Kier alpha value is -2.10. The Balaban J connectivity index is 1.75.